The van der Waals surface area contributed by atoms with Gasteiger partial charge in [-0.3, -0.25) is 14.6 Å². The van der Waals surface area contributed by atoms with Crippen molar-refractivity contribution in [3.8, 4) is 0 Å². The molecule has 5 nitrogen and oxygen atoms in total. The Kier molecular flexibility index (Phi) is 6.49. The second kappa shape index (κ2) is 9.43. The Hall–Kier alpha value is -2.05. The minimum Gasteiger partial charge on any atom is -0.313 e. The highest BCUT2D eigenvalue weighted by atomic mass is 16.1. The van der Waals surface area contributed by atoms with Crippen LogP contribution in [0.15, 0.2) is 60.7 Å². The fourth-order valence-corrected chi connectivity index (χ4v) is 4.29. The van der Waals surface area contributed by atoms with Gasteiger partial charge in [-0.05, 0) is 11.1 Å². The third-order valence-electron chi connectivity index (χ3n) is 5.82. The molecule has 0 saturated carbocycles. The Balaban J connectivity index is 1.48. The van der Waals surface area contributed by atoms with E-state index in [1.165, 1.54) is 11.1 Å². The number of hydrogen-bond donors (Lipinski definition) is 2. The van der Waals surface area contributed by atoms with Crippen molar-refractivity contribution in [3.63, 3.8) is 0 Å². The molecule has 0 bridgehead atoms. The summed E-state index contributed by atoms with van der Waals surface area (Å²) < 4.78 is 0. The fraction of sp³-hybridized carbons (Fsp3) is 0.435. The van der Waals surface area contributed by atoms with Crippen molar-refractivity contribution < 1.29 is 4.79 Å². The van der Waals surface area contributed by atoms with Gasteiger partial charge in [0.15, 0.2) is 5.78 Å². The molecule has 2 heterocycles. The maximum absolute atomic E-state index is 13.6. The molecule has 2 saturated heterocycles. The molecule has 2 atom stereocenters. The first-order valence-electron chi connectivity index (χ1n) is 10.3. The highest BCUT2D eigenvalue weighted by molar-refractivity contribution is 5.89. The summed E-state index contributed by atoms with van der Waals surface area (Å²) in [5.41, 5.74) is 2.54. The van der Waals surface area contributed by atoms with Crippen molar-refractivity contribution in [1.29, 1.82) is 0 Å². The number of rotatable bonds is 6. The quantitative estimate of drug-likeness (QED) is 0.798. The van der Waals surface area contributed by atoms with E-state index in [1.807, 2.05) is 12.1 Å². The molecule has 148 valence electrons. The van der Waals surface area contributed by atoms with E-state index in [0.29, 0.717) is 5.78 Å². The molecular formula is C23H30N4O. The third kappa shape index (κ3) is 4.67. The number of hydrogen-bond acceptors (Lipinski definition) is 5. The van der Waals surface area contributed by atoms with Gasteiger partial charge >= 0.3 is 0 Å². The van der Waals surface area contributed by atoms with E-state index in [9.17, 15) is 4.79 Å². The van der Waals surface area contributed by atoms with Crippen LogP contribution < -0.4 is 10.6 Å². The Bertz CT molecular complexity index is 688. The average Bonchev–Trinajstić information content (AvgIpc) is 2.76. The van der Waals surface area contributed by atoms with Gasteiger partial charge in [-0.15, -0.1) is 0 Å². The average molecular weight is 379 g/mol. The van der Waals surface area contributed by atoms with E-state index in [1.54, 1.807) is 0 Å². The summed E-state index contributed by atoms with van der Waals surface area (Å²) in [5, 5.41) is 6.87. The van der Waals surface area contributed by atoms with Crippen LogP contribution in [0.25, 0.3) is 0 Å². The van der Waals surface area contributed by atoms with Gasteiger partial charge in [0.05, 0.1) is 12.1 Å². The summed E-state index contributed by atoms with van der Waals surface area (Å²) in [4.78, 5) is 18.3. The summed E-state index contributed by atoms with van der Waals surface area (Å²) in [5.74, 6) is 0.339. The number of Topliss-reactive ketones (excluding diaryl/α,β-unsaturated/α-hetero) is 1. The van der Waals surface area contributed by atoms with E-state index < -0.39 is 0 Å². The smallest absolute Gasteiger partial charge is 0.169 e. The Morgan fingerprint density at radius 2 is 1.18 bits per heavy atom. The number of benzene rings is 2. The molecule has 5 heteroatoms. The van der Waals surface area contributed by atoms with E-state index in [2.05, 4.69) is 69.0 Å². The van der Waals surface area contributed by atoms with Gasteiger partial charge in [0.2, 0.25) is 0 Å². The minimum atomic E-state index is -0.0721. The lowest BCUT2D eigenvalue weighted by molar-refractivity contribution is -0.131. The molecule has 2 aromatic rings. The number of ketones is 1. The summed E-state index contributed by atoms with van der Waals surface area (Å²) in [6.45, 7) is 6.83. The van der Waals surface area contributed by atoms with Crippen LogP contribution in [-0.2, 0) is 17.9 Å². The molecule has 0 aromatic heterocycles. The summed E-state index contributed by atoms with van der Waals surface area (Å²) in [6, 6.07) is 20.8. The summed E-state index contributed by atoms with van der Waals surface area (Å²) >= 11 is 0. The molecule has 2 fully saturated rings. The third-order valence-corrected chi connectivity index (χ3v) is 5.82. The molecule has 2 unspecified atom stereocenters. The number of nitrogens with zero attached hydrogens (tertiary/aromatic N) is 2. The second-order valence-corrected chi connectivity index (χ2v) is 7.75. The van der Waals surface area contributed by atoms with Gasteiger partial charge in [-0.2, -0.15) is 0 Å². The van der Waals surface area contributed by atoms with Crippen LogP contribution in [0, 0.1) is 0 Å². The second-order valence-electron chi connectivity index (χ2n) is 7.75. The van der Waals surface area contributed by atoms with E-state index in [-0.39, 0.29) is 12.1 Å². The van der Waals surface area contributed by atoms with Crippen LogP contribution in [0.5, 0.6) is 0 Å². The first-order chi connectivity index (χ1) is 13.8. The van der Waals surface area contributed by atoms with E-state index in [4.69, 9.17) is 0 Å². The zero-order chi connectivity index (χ0) is 19.2. The summed E-state index contributed by atoms with van der Waals surface area (Å²) in [7, 11) is 0. The molecule has 0 radical (unpaired) electrons. The zero-order valence-corrected chi connectivity index (χ0v) is 16.4. The van der Waals surface area contributed by atoms with Crippen LogP contribution in [-0.4, -0.2) is 66.9 Å². The summed E-state index contributed by atoms with van der Waals surface area (Å²) in [6.07, 6.45) is 0. The van der Waals surface area contributed by atoms with Crippen LogP contribution in [0.4, 0.5) is 0 Å². The van der Waals surface area contributed by atoms with Gasteiger partial charge in [-0.1, -0.05) is 60.7 Å². The van der Waals surface area contributed by atoms with Gasteiger partial charge in [0.1, 0.15) is 0 Å². The van der Waals surface area contributed by atoms with E-state index in [0.717, 1.165) is 52.4 Å². The number of carbonyl (C=O) groups is 1. The highest BCUT2D eigenvalue weighted by Gasteiger charge is 2.37. The van der Waals surface area contributed by atoms with Crippen LogP contribution in [0.3, 0.4) is 0 Å². The predicted octanol–water partition coefficient (Wildman–Crippen LogP) is 1.50. The maximum atomic E-state index is 13.6. The predicted molar refractivity (Wildman–Crippen MR) is 112 cm³/mol. The fourth-order valence-electron chi connectivity index (χ4n) is 4.29. The van der Waals surface area contributed by atoms with Gasteiger partial charge in [0, 0.05) is 52.4 Å². The van der Waals surface area contributed by atoms with E-state index >= 15 is 0 Å². The molecule has 2 N–H and O–H groups in total. The van der Waals surface area contributed by atoms with Gasteiger partial charge in [-0.25, -0.2) is 0 Å². The van der Waals surface area contributed by atoms with Crippen molar-refractivity contribution in [2.45, 2.75) is 25.2 Å². The highest BCUT2D eigenvalue weighted by Crippen LogP contribution is 2.17. The Morgan fingerprint density at radius 1 is 0.750 bits per heavy atom. The zero-order valence-electron chi connectivity index (χ0n) is 16.4. The van der Waals surface area contributed by atoms with Crippen molar-refractivity contribution in [2.75, 3.05) is 39.3 Å². The van der Waals surface area contributed by atoms with Gasteiger partial charge < -0.3 is 10.6 Å². The SMILES string of the molecule is O=C(C1CNCCN1Cc1ccccc1)C1CNCCN1Cc1ccccc1. The lowest BCUT2D eigenvalue weighted by Gasteiger charge is -2.41. The molecule has 28 heavy (non-hydrogen) atoms. The first-order valence-corrected chi connectivity index (χ1v) is 10.3. The van der Waals surface area contributed by atoms with Crippen LogP contribution in [0.1, 0.15) is 11.1 Å². The lowest BCUT2D eigenvalue weighted by Crippen LogP contribution is -2.62. The molecule has 2 aliphatic rings. The lowest BCUT2D eigenvalue weighted by atomic mass is 9.97. The normalized spacial score (nSPS) is 24.1. The Morgan fingerprint density at radius 3 is 1.61 bits per heavy atom. The number of piperazine rings is 2. The molecule has 2 aromatic carbocycles. The minimum absolute atomic E-state index is 0.0721. The molecular weight excluding hydrogens is 348 g/mol. The van der Waals surface area contributed by atoms with Crippen molar-refractivity contribution in [2.24, 2.45) is 0 Å². The Labute approximate surface area is 167 Å². The number of carbonyl (C=O) groups excluding carboxylic acids is 1. The molecule has 0 aliphatic carbocycles. The standard InChI is InChI=1S/C23H30N4O/c28-23(21-15-24-11-13-26(21)17-19-7-3-1-4-8-19)22-16-25-12-14-27(22)18-20-9-5-2-6-10-20/h1-10,21-22,24-25H,11-18H2. The molecule has 0 amide bonds. The molecule has 2 aliphatic heterocycles. The molecule has 4 rings (SSSR count). The van der Waals surface area contributed by atoms with Crippen molar-refractivity contribution in [1.82, 2.24) is 20.4 Å². The topological polar surface area (TPSA) is 47.6 Å². The molecule has 0 spiro atoms. The first kappa shape index (κ1) is 19.3. The van der Waals surface area contributed by atoms with Crippen molar-refractivity contribution >= 4 is 5.78 Å². The van der Waals surface area contributed by atoms with Gasteiger partial charge in [0.25, 0.3) is 0 Å². The maximum Gasteiger partial charge on any atom is 0.169 e. The monoisotopic (exact) mass is 378 g/mol. The van der Waals surface area contributed by atoms with Crippen LogP contribution in [0.2, 0.25) is 0 Å². The number of nitrogens with one attached hydrogen (secondary N) is 2. The largest absolute Gasteiger partial charge is 0.313 e. The van der Waals surface area contributed by atoms with Crippen molar-refractivity contribution in [3.05, 3.63) is 71.8 Å². The van der Waals surface area contributed by atoms with Crippen LogP contribution >= 0.6 is 0 Å².